The number of hydrogen-bond donors (Lipinski definition) is 4. The number of sulfonamides is 1. The van der Waals surface area contributed by atoms with Gasteiger partial charge in [0.2, 0.25) is 11.9 Å². The number of pyridine rings is 1. The highest BCUT2D eigenvalue weighted by atomic mass is 35.5. The molecule has 34 heavy (non-hydrogen) atoms. The maximum Gasteiger partial charge on any atom is 0.416 e. The first kappa shape index (κ1) is 26.8. The molecule has 7 N–H and O–H groups in total. The number of guanidine groups is 1. The van der Waals surface area contributed by atoms with Crippen molar-refractivity contribution in [2.45, 2.75) is 30.5 Å². The van der Waals surface area contributed by atoms with Crippen molar-refractivity contribution in [3.63, 3.8) is 0 Å². The van der Waals surface area contributed by atoms with Crippen molar-refractivity contribution in [2.24, 2.45) is 22.4 Å². The molecule has 0 fully saturated rings. The summed E-state index contributed by atoms with van der Waals surface area (Å²) in [6.07, 6.45) is -5.00. The van der Waals surface area contributed by atoms with Crippen LogP contribution in [0.5, 0.6) is 0 Å². The van der Waals surface area contributed by atoms with Crippen LogP contribution in [0.15, 0.2) is 45.2 Å². The predicted molar refractivity (Wildman–Crippen MR) is 117 cm³/mol. The number of rotatable bonds is 9. The number of carbonyl (C=O) groups excluding carboxylic acids is 1. The van der Waals surface area contributed by atoms with Crippen LogP contribution < -0.4 is 27.5 Å². The number of hydrogen-bond acceptors (Lipinski definition) is 6. The van der Waals surface area contributed by atoms with Crippen molar-refractivity contribution >= 4 is 39.2 Å². The third kappa shape index (κ3) is 6.32. The normalized spacial score (nSPS) is 12.6. The Labute approximate surface area is 196 Å². The fraction of sp³-hybridized carbons (Fsp3) is 0.278. The summed E-state index contributed by atoms with van der Waals surface area (Å²) in [7, 11) is -4.74. The Morgan fingerprint density at radius 1 is 1.24 bits per heavy atom. The van der Waals surface area contributed by atoms with E-state index >= 15 is 0 Å². The Balaban J connectivity index is 2.47. The molecule has 1 aromatic carbocycles. The first-order valence-electron chi connectivity index (χ1n) is 9.27. The number of oxime groups is 1. The minimum atomic E-state index is -4.83. The molecule has 1 heterocycles. The molecule has 0 aliphatic carbocycles. The molecule has 0 radical (unpaired) electrons. The Morgan fingerprint density at radius 2 is 1.88 bits per heavy atom. The number of aryl methyl sites for hydroxylation is 1. The number of nitrogens with two attached hydrogens (primary N) is 3. The highest BCUT2D eigenvalue weighted by Crippen LogP contribution is 2.33. The Bertz CT molecular complexity index is 1280. The van der Waals surface area contributed by atoms with E-state index < -0.39 is 54.9 Å². The van der Waals surface area contributed by atoms with Crippen LogP contribution in [0.2, 0.25) is 5.02 Å². The van der Waals surface area contributed by atoms with Gasteiger partial charge in [-0.2, -0.15) is 13.2 Å². The molecule has 16 heteroatoms. The van der Waals surface area contributed by atoms with Gasteiger partial charge in [-0.1, -0.05) is 11.6 Å². The fourth-order valence-corrected chi connectivity index (χ4v) is 4.46. The zero-order valence-corrected chi connectivity index (χ0v) is 19.0. The standard InChI is InChI=1S/C18H20ClF3N6O5S/c1-9-2-5-12(16(30)28(9)13(15(23)29)6-7-33-26-17(24)25)27-34(31,32)14-8-10(18(20,21)22)3-4-11(14)19/h2-5,8,13,27H,6-7H2,1H3,(H2,23,29)(H4,24,25,26). The molecule has 0 aliphatic heterocycles. The van der Waals surface area contributed by atoms with Crippen LogP contribution in [0.4, 0.5) is 18.9 Å². The topological polar surface area (TPSA) is 185 Å². The van der Waals surface area contributed by atoms with Crippen LogP contribution in [0.3, 0.4) is 0 Å². The molecule has 186 valence electrons. The minimum absolute atomic E-state index is 0.164. The highest BCUT2D eigenvalue weighted by Gasteiger charge is 2.33. The number of nitrogens with one attached hydrogen (secondary N) is 1. The van der Waals surface area contributed by atoms with Crippen LogP contribution in [-0.2, 0) is 25.8 Å². The lowest BCUT2D eigenvalue weighted by atomic mass is 10.1. The third-order valence-corrected chi connectivity index (χ3v) is 6.25. The summed E-state index contributed by atoms with van der Waals surface area (Å²) in [4.78, 5) is 28.9. The number of nitrogens with zero attached hydrogens (tertiary/aromatic N) is 2. The number of amides is 1. The van der Waals surface area contributed by atoms with Gasteiger partial charge in [0.1, 0.15) is 23.2 Å². The van der Waals surface area contributed by atoms with E-state index in [4.69, 9.17) is 33.6 Å². The smallest absolute Gasteiger partial charge is 0.393 e. The summed E-state index contributed by atoms with van der Waals surface area (Å²) in [6, 6.07) is 2.82. The molecule has 1 amide bonds. The molecule has 0 saturated heterocycles. The molecule has 1 atom stereocenters. The van der Waals surface area contributed by atoms with Crippen molar-refractivity contribution < 1.29 is 31.2 Å². The number of carbonyl (C=O) groups is 1. The quantitative estimate of drug-likeness (QED) is 0.164. The van der Waals surface area contributed by atoms with Crippen molar-refractivity contribution in [1.29, 1.82) is 0 Å². The number of aromatic nitrogens is 1. The van der Waals surface area contributed by atoms with Gasteiger partial charge in [-0.15, -0.1) is 0 Å². The number of anilines is 1. The Hall–Kier alpha value is -3.46. The molecule has 2 aromatic rings. The first-order valence-corrected chi connectivity index (χ1v) is 11.1. The molecule has 0 bridgehead atoms. The lowest BCUT2D eigenvalue weighted by molar-refractivity contribution is -0.137. The summed E-state index contributed by atoms with van der Waals surface area (Å²) >= 11 is 5.81. The van der Waals surface area contributed by atoms with Crippen molar-refractivity contribution in [1.82, 2.24) is 4.57 Å². The van der Waals surface area contributed by atoms with Crippen LogP contribution in [0, 0.1) is 6.92 Å². The van der Waals surface area contributed by atoms with E-state index in [1.54, 1.807) is 0 Å². The fourth-order valence-electron chi connectivity index (χ4n) is 2.88. The van der Waals surface area contributed by atoms with E-state index in [-0.39, 0.29) is 24.7 Å². The first-order chi connectivity index (χ1) is 15.6. The summed E-state index contributed by atoms with van der Waals surface area (Å²) < 4.78 is 67.4. The second kappa shape index (κ2) is 10.2. The van der Waals surface area contributed by atoms with E-state index in [9.17, 15) is 31.2 Å². The molecule has 0 spiro atoms. The van der Waals surface area contributed by atoms with Gasteiger partial charge in [-0.3, -0.25) is 18.9 Å². The monoisotopic (exact) mass is 524 g/mol. The number of halogens is 4. The van der Waals surface area contributed by atoms with Crippen LogP contribution in [0.1, 0.15) is 23.7 Å². The molecule has 0 aliphatic rings. The second-order valence-electron chi connectivity index (χ2n) is 6.87. The van der Waals surface area contributed by atoms with Crippen molar-refractivity contribution in [3.8, 4) is 0 Å². The molecule has 2 rings (SSSR count). The van der Waals surface area contributed by atoms with Crippen molar-refractivity contribution in [3.05, 3.63) is 57.0 Å². The predicted octanol–water partition coefficient (Wildman–Crippen LogP) is 1.25. The van der Waals surface area contributed by atoms with Crippen LogP contribution in [0.25, 0.3) is 0 Å². The zero-order chi connectivity index (χ0) is 25.8. The van der Waals surface area contributed by atoms with Crippen molar-refractivity contribution in [2.75, 3.05) is 11.3 Å². The second-order valence-corrected chi connectivity index (χ2v) is 8.93. The van der Waals surface area contributed by atoms with Gasteiger partial charge in [-0.25, -0.2) is 8.42 Å². The maximum atomic E-state index is 13.0. The number of alkyl halides is 3. The zero-order valence-electron chi connectivity index (χ0n) is 17.5. The molecule has 1 unspecified atom stereocenters. The molecular weight excluding hydrogens is 505 g/mol. The van der Waals surface area contributed by atoms with E-state index in [2.05, 4.69) is 5.16 Å². The van der Waals surface area contributed by atoms with Gasteiger partial charge in [0.25, 0.3) is 15.6 Å². The maximum absolute atomic E-state index is 13.0. The van der Waals surface area contributed by atoms with Gasteiger partial charge < -0.3 is 22.0 Å². The molecular formula is C18H20ClF3N6O5S. The van der Waals surface area contributed by atoms with Gasteiger partial charge in [0.15, 0.2) is 0 Å². The van der Waals surface area contributed by atoms with E-state index in [0.717, 1.165) is 16.7 Å². The average molecular weight is 525 g/mol. The molecule has 11 nitrogen and oxygen atoms in total. The third-order valence-electron chi connectivity index (χ3n) is 4.41. The van der Waals surface area contributed by atoms with Gasteiger partial charge >= 0.3 is 6.18 Å². The Kier molecular flexibility index (Phi) is 8.05. The lowest BCUT2D eigenvalue weighted by Crippen LogP contribution is -2.37. The summed E-state index contributed by atoms with van der Waals surface area (Å²) in [5.41, 5.74) is 13.1. The minimum Gasteiger partial charge on any atom is -0.393 e. The SMILES string of the molecule is Cc1ccc(NS(=O)(=O)c2cc(C(F)(F)F)ccc2Cl)c(=O)n1C(CCON=C(N)N)C(N)=O. The van der Waals surface area contributed by atoms with Gasteiger partial charge in [-0.05, 0) is 42.4 Å². The number of primary amides is 1. The lowest BCUT2D eigenvalue weighted by Gasteiger charge is -2.20. The summed E-state index contributed by atoms with van der Waals surface area (Å²) in [5.74, 6) is -1.33. The number of benzene rings is 1. The van der Waals surface area contributed by atoms with Gasteiger partial charge in [0, 0.05) is 12.1 Å². The van der Waals surface area contributed by atoms with E-state index in [1.165, 1.54) is 13.0 Å². The Morgan fingerprint density at radius 3 is 2.44 bits per heavy atom. The van der Waals surface area contributed by atoms with Crippen LogP contribution in [-0.4, -0.2) is 31.5 Å². The highest BCUT2D eigenvalue weighted by molar-refractivity contribution is 7.92. The molecule has 0 saturated carbocycles. The molecule has 1 aromatic heterocycles. The summed E-state index contributed by atoms with van der Waals surface area (Å²) in [5, 5.41) is 2.77. The van der Waals surface area contributed by atoms with Gasteiger partial charge in [0.05, 0.1) is 10.6 Å². The van der Waals surface area contributed by atoms with Crippen LogP contribution >= 0.6 is 11.6 Å². The largest absolute Gasteiger partial charge is 0.416 e. The van der Waals surface area contributed by atoms with E-state index in [1.807, 2.05) is 4.72 Å². The average Bonchev–Trinajstić information content (AvgIpc) is 2.70. The van der Waals surface area contributed by atoms with E-state index in [0.29, 0.717) is 12.1 Å². The summed E-state index contributed by atoms with van der Waals surface area (Å²) in [6.45, 7) is 1.23.